The van der Waals surface area contributed by atoms with E-state index in [9.17, 15) is 31.1 Å². The first-order valence-electron chi connectivity index (χ1n) is 4.64. The van der Waals surface area contributed by atoms with Crippen LogP contribution in [0.1, 0.15) is 11.3 Å². The zero-order chi connectivity index (χ0) is 15.7. The van der Waals surface area contributed by atoms with Crippen LogP contribution in [0.25, 0.3) is 0 Å². The molecule has 4 nitrogen and oxygen atoms in total. The van der Waals surface area contributed by atoms with Gasteiger partial charge in [0.1, 0.15) is 5.56 Å². The van der Waals surface area contributed by atoms with Crippen LogP contribution >= 0.6 is 22.6 Å². The molecular weight excluding hydrogens is 411 g/mol. The van der Waals surface area contributed by atoms with Gasteiger partial charge in [0.2, 0.25) is 0 Å². The molecule has 0 amide bonds. The second kappa shape index (κ2) is 5.61. The third-order valence-electron chi connectivity index (χ3n) is 1.89. The van der Waals surface area contributed by atoms with Crippen molar-refractivity contribution in [2.45, 2.75) is 19.0 Å². The number of rotatable bonds is 3. The molecule has 1 N–H and O–H groups in total. The first kappa shape index (κ1) is 16.8. The Balaban J connectivity index is 3.42. The van der Waals surface area contributed by atoms with Crippen molar-refractivity contribution in [2.75, 3.05) is 0 Å². The second-order valence-corrected chi connectivity index (χ2v) is 4.46. The number of aromatic nitrogens is 1. The van der Waals surface area contributed by atoms with E-state index in [1.54, 1.807) is 0 Å². The predicted octanol–water partition coefficient (Wildman–Crippen LogP) is 3.23. The Morgan fingerprint density at radius 3 is 2.25 bits per heavy atom. The lowest BCUT2D eigenvalue weighted by molar-refractivity contribution is -0.276. The molecule has 0 saturated carbocycles. The van der Waals surface area contributed by atoms with Crippen LogP contribution in [0.4, 0.5) is 26.3 Å². The summed E-state index contributed by atoms with van der Waals surface area (Å²) in [7, 11) is 0. The minimum atomic E-state index is -5.35. The summed E-state index contributed by atoms with van der Waals surface area (Å²) in [5, 5.41) is 8.52. The van der Waals surface area contributed by atoms with Crippen molar-refractivity contribution in [1.29, 1.82) is 0 Å². The number of aliphatic carboxylic acids is 1. The van der Waals surface area contributed by atoms with E-state index in [2.05, 4.69) is 9.72 Å². The number of halogens is 7. The number of carbonyl (C=O) groups is 1. The summed E-state index contributed by atoms with van der Waals surface area (Å²) >= 11 is 1.13. The molecule has 0 radical (unpaired) electrons. The van der Waals surface area contributed by atoms with Crippen LogP contribution in [0.2, 0.25) is 0 Å². The fourth-order valence-electron chi connectivity index (χ4n) is 1.19. The highest BCUT2D eigenvalue weighted by Gasteiger charge is 2.41. The third-order valence-corrected chi connectivity index (χ3v) is 3.00. The third kappa shape index (κ3) is 4.38. The van der Waals surface area contributed by atoms with Crippen molar-refractivity contribution < 1.29 is 41.0 Å². The standard InChI is InChI=1S/C9H4F6INO3/c10-8(11,12)3-2-17-4(1-5(18)19)6(16)7(3)20-9(13,14)15/h2H,1H2,(H,18,19). The minimum Gasteiger partial charge on any atom is -0.481 e. The van der Waals surface area contributed by atoms with E-state index in [4.69, 9.17) is 5.11 Å². The summed E-state index contributed by atoms with van der Waals surface area (Å²) < 4.78 is 76.9. The highest BCUT2D eigenvalue weighted by atomic mass is 127. The van der Waals surface area contributed by atoms with Crippen molar-refractivity contribution in [2.24, 2.45) is 0 Å². The molecular formula is C9H4F6INO3. The van der Waals surface area contributed by atoms with Crippen LogP contribution in [-0.4, -0.2) is 22.4 Å². The van der Waals surface area contributed by atoms with Gasteiger partial charge >= 0.3 is 18.5 Å². The van der Waals surface area contributed by atoms with Crippen molar-refractivity contribution in [3.63, 3.8) is 0 Å². The van der Waals surface area contributed by atoms with E-state index in [1.807, 2.05) is 0 Å². The Bertz CT molecular complexity index is 528. The number of hydrogen-bond acceptors (Lipinski definition) is 3. The first-order valence-corrected chi connectivity index (χ1v) is 5.72. The average Bonchev–Trinajstić information content (AvgIpc) is 2.19. The van der Waals surface area contributed by atoms with Crippen molar-refractivity contribution >= 4 is 28.6 Å². The number of nitrogens with zero attached hydrogens (tertiary/aromatic N) is 1. The molecule has 11 heteroatoms. The Morgan fingerprint density at radius 2 is 1.85 bits per heavy atom. The smallest absolute Gasteiger partial charge is 0.481 e. The number of hydrogen-bond donors (Lipinski definition) is 1. The Hall–Kier alpha value is -1.27. The number of carboxylic acids is 1. The molecule has 1 heterocycles. The summed E-state index contributed by atoms with van der Waals surface area (Å²) in [6.07, 6.45) is -11.2. The summed E-state index contributed by atoms with van der Waals surface area (Å²) in [4.78, 5) is 13.7. The van der Waals surface area contributed by atoms with Gasteiger partial charge in [-0.2, -0.15) is 13.2 Å². The number of pyridine rings is 1. The number of carboxylic acid groups (broad SMARTS) is 1. The average molecular weight is 415 g/mol. The van der Waals surface area contributed by atoms with Crippen LogP contribution < -0.4 is 4.74 Å². The molecule has 0 unspecified atom stereocenters. The molecule has 1 aromatic heterocycles. The van der Waals surface area contributed by atoms with Gasteiger partial charge in [0, 0.05) is 6.20 Å². The van der Waals surface area contributed by atoms with Crippen LogP contribution in [0.5, 0.6) is 5.75 Å². The first-order chi connectivity index (χ1) is 8.92. The number of alkyl halides is 6. The minimum absolute atomic E-state index is 0.113. The molecule has 0 saturated heterocycles. The molecule has 0 spiro atoms. The quantitative estimate of drug-likeness (QED) is 0.609. The Morgan fingerprint density at radius 1 is 1.30 bits per heavy atom. The van der Waals surface area contributed by atoms with Gasteiger partial charge in [0.25, 0.3) is 0 Å². The molecule has 0 aliphatic rings. The fraction of sp³-hybridized carbons (Fsp3) is 0.333. The van der Waals surface area contributed by atoms with E-state index in [0.717, 1.165) is 22.6 Å². The van der Waals surface area contributed by atoms with E-state index >= 15 is 0 Å². The van der Waals surface area contributed by atoms with Crippen LogP contribution in [0.15, 0.2) is 6.20 Å². The van der Waals surface area contributed by atoms with E-state index in [1.165, 1.54) is 0 Å². The lowest BCUT2D eigenvalue weighted by Gasteiger charge is -2.17. The van der Waals surface area contributed by atoms with Gasteiger partial charge in [-0.25, -0.2) is 0 Å². The molecule has 0 aliphatic heterocycles. The molecule has 0 aliphatic carbocycles. The maximum absolute atomic E-state index is 12.6. The van der Waals surface area contributed by atoms with Crippen molar-refractivity contribution in [3.05, 3.63) is 21.0 Å². The summed E-state index contributed by atoms with van der Waals surface area (Å²) in [5.41, 5.74) is -2.18. The predicted molar refractivity (Wildman–Crippen MR) is 60.0 cm³/mol. The molecule has 0 fully saturated rings. The molecule has 20 heavy (non-hydrogen) atoms. The van der Waals surface area contributed by atoms with Gasteiger partial charge in [-0.1, -0.05) is 0 Å². The SMILES string of the molecule is O=C(O)Cc1ncc(C(F)(F)F)c(OC(F)(F)F)c1I. The summed E-state index contributed by atoms with van der Waals surface area (Å²) in [6.45, 7) is 0. The van der Waals surface area contributed by atoms with Gasteiger partial charge < -0.3 is 9.84 Å². The van der Waals surface area contributed by atoms with Crippen LogP contribution in [-0.2, 0) is 17.4 Å². The van der Waals surface area contributed by atoms with Gasteiger partial charge in [-0.15, -0.1) is 13.2 Å². The molecule has 0 aromatic carbocycles. The summed E-state index contributed by atoms with van der Waals surface area (Å²) in [5.74, 6) is -2.95. The lowest BCUT2D eigenvalue weighted by Crippen LogP contribution is -2.22. The van der Waals surface area contributed by atoms with Crippen LogP contribution in [0, 0.1) is 3.57 Å². The van der Waals surface area contributed by atoms with Gasteiger partial charge in [-0.05, 0) is 22.6 Å². The normalized spacial score (nSPS) is 12.3. The van der Waals surface area contributed by atoms with E-state index in [0.29, 0.717) is 0 Å². The van der Waals surface area contributed by atoms with Crippen LogP contribution in [0.3, 0.4) is 0 Å². The highest BCUT2D eigenvalue weighted by Crippen LogP contribution is 2.41. The lowest BCUT2D eigenvalue weighted by atomic mass is 10.2. The number of ether oxygens (including phenoxy) is 1. The Kier molecular flexibility index (Phi) is 4.71. The maximum atomic E-state index is 12.6. The Labute approximate surface area is 120 Å². The van der Waals surface area contributed by atoms with E-state index in [-0.39, 0.29) is 6.20 Å². The monoisotopic (exact) mass is 415 g/mol. The molecule has 0 atom stereocenters. The highest BCUT2D eigenvalue weighted by molar-refractivity contribution is 14.1. The topological polar surface area (TPSA) is 59.4 Å². The van der Waals surface area contributed by atoms with Crippen molar-refractivity contribution in [3.8, 4) is 5.75 Å². The molecule has 112 valence electrons. The van der Waals surface area contributed by atoms with Gasteiger partial charge in [0.05, 0.1) is 15.7 Å². The van der Waals surface area contributed by atoms with Crippen molar-refractivity contribution in [1.82, 2.24) is 4.98 Å². The van der Waals surface area contributed by atoms with Gasteiger partial charge in [-0.3, -0.25) is 9.78 Å². The second-order valence-electron chi connectivity index (χ2n) is 3.38. The maximum Gasteiger partial charge on any atom is 0.573 e. The molecule has 1 rings (SSSR count). The zero-order valence-corrected chi connectivity index (χ0v) is 11.3. The fourth-order valence-corrected chi connectivity index (χ4v) is 1.92. The van der Waals surface area contributed by atoms with E-state index < -0.39 is 45.5 Å². The van der Waals surface area contributed by atoms with Gasteiger partial charge in [0.15, 0.2) is 5.75 Å². The zero-order valence-electron chi connectivity index (χ0n) is 9.14. The molecule has 0 bridgehead atoms. The summed E-state index contributed by atoms with van der Waals surface area (Å²) in [6, 6.07) is 0. The largest absolute Gasteiger partial charge is 0.573 e. The molecule has 1 aromatic rings.